The average molecular weight is 275 g/mol. The third-order valence-electron chi connectivity index (χ3n) is 2.79. The first kappa shape index (κ1) is 15.8. The van der Waals surface area contributed by atoms with E-state index in [1.54, 1.807) is 6.07 Å². The van der Waals surface area contributed by atoms with Crippen molar-refractivity contribution >= 4 is 0 Å². The zero-order chi connectivity index (χ0) is 14.5. The Bertz CT molecular complexity index is 404. The highest BCUT2D eigenvalue weighted by molar-refractivity contribution is 5.39. The highest BCUT2D eigenvalue weighted by Gasteiger charge is 2.27. The van der Waals surface area contributed by atoms with Crippen LogP contribution in [0.2, 0.25) is 0 Å². The van der Waals surface area contributed by atoms with E-state index in [-0.39, 0.29) is 12.6 Å². The first-order valence-electron chi connectivity index (χ1n) is 6.37. The van der Waals surface area contributed by atoms with Gasteiger partial charge >= 0.3 is 6.18 Å². The minimum absolute atomic E-state index is 0.0477. The lowest BCUT2D eigenvalue weighted by atomic mass is 10.0. The van der Waals surface area contributed by atoms with Crippen molar-refractivity contribution in [3.05, 3.63) is 29.3 Å². The predicted octanol–water partition coefficient (Wildman–Crippen LogP) is 4.00. The SMILES string of the molecule is CCNC(C)c1ccc(C)cc1OCCC(F)(F)F. The van der Waals surface area contributed by atoms with Gasteiger partial charge in [0.05, 0.1) is 13.0 Å². The molecule has 2 nitrogen and oxygen atoms in total. The van der Waals surface area contributed by atoms with Crippen LogP contribution >= 0.6 is 0 Å². The first-order chi connectivity index (χ1) is 8.83. The quantitative estimate of drug-likeness (QED) is 0.847. The van der Waals surface area contributed by atoms with Crippen LogP contribution in [-0.2, 0) is 0 Å². The zero-order valence-electron chi connectivity index (χ0n) is 11.5. The highest BCUT2D eigenvalue weighted by Crippen LogP contribution is 2.27. The minimum atomic E-state index is -4.18. The van der Waals surface area contributed by atoms with Crippen LogP contribution in [0.1, 0.15) is 37.4 Å². The van der Waals surface area contributed by atoms with Crippen molar-refractivity contribution < 1.29 is 17.9 Å². The number of alkyl halides is 3. The lowest BCUT2D eigenvalue weighted by molar-refractivity contribution is -0.139. The molecule has 5 heteroatoms. The lowest BCUT2D eigenvalue weighted by Crippen LogP contribution is -2.19. The fraction of sp³-hybridized carbons (Fsp3) is 0.571. The molecule has 1 aromatic carbocycles. The van der Waals surface area contributed by atoms with Crippen molar-refractivity contribution in [1.29, 1.82) is 0 Å². The second-order valence-corrected chi connectivity index (χ2v) is 4.53. The Morgan fingerprint density at radius 2 is 2.00 bits per heavy atom. The van der Waals surface area contributed by atoms with E-state index < -0.39 is 12.6 Å². The van der Waals surface area contributed by atoms with Crippen molar-refractivity contribution in [2.45, 2.75) is 39.4 Å². The molecule has 0 spiro atoms. The Kier molecular flexibility index (Phi) is 5.66. The van der Waals surface area contributed by atoms with Crippen LogP contribution in [0.15, 0.2) is 18.2 Å². The number of rotatable bonds is 6. The van der Waals surface area contributed by atoms with Crippen LogP contribution in [0, 0.1) is 6.92 Å². The molecule has 0 aliphatic heterocycles. The molecule has 1 unspecified atom stereocenters. The first-order valence-corrected chi connectivity index (χ1v) is 6.37. The topological polar surface area (TPSA) is 21.3 Å². The molecular formula is C14H20F3NO. The largest absolute Gasteiger partial charge is 0.493 e. The summed E-state index contributed by atoms with van der Waals surface area (Å²) in [4.78, 5) is 0. The number of hydrogen-bond donors (Lipinski definition) is 1. The van der Waals surface area contributed by atoms with Crippen molar-refractivity contribution in [2.75, 3.05) is 13.2 Å². The molecule has 0 aliphatic rings. The van der Waals surface area contributed by atoms with Gasteiger partial charge < -0.3 is 10.1 Å². The van der Waals surface area contributed by atoms with Crippen LogP contribution in [0.3, 0.4) is 0 Å². The molecule has 0 saturated heterocycles. The maximum Gasteiger partial charge on any atom is 0.392 e. The fourth-order valence-electron chi connectivity index (χ4n) is 1.82. The molecule has 1 atom stereocenters. The maximum atomic E-state index is 12.1. The molecule has 1 rings (SSSR count). The van der Waals surface area contributed by atoms with Gasteiger partial charge in [-0.1, -0.05) is 19.1 Å². The van der Waals surface area contributed by atoms with E-state index in [4.69, 9.17) is 4.74 Å². The predicted molar refractivity (Wildman–Crippen MR) is 69.4 cm³/mol. The number of nitrogens with one attached hydrogen (secondary N) is 1. The van der Waals surface area contributed by atoms with E-state index in [0.29, 0.717) is 5.75 Å². The molecule has 0 aromatic heterocycles. The van der Waals surface area contributed by atoms with Crippen molar-refractivity contribution in [3.8, 4) is 5.75 Å². The van der Waals surface area contributed by atoms with E-state index in [9.17, 15) is 13.2 Å². The molecule has 1 N–H and O–H groups in total. The van der Waals surface area contributed by atoms with Gasteiger partial charge in [-0.2, -0.15) is 13.2 Å². The molecule has 1 aromatic rings. The summed E-state index contributed by atoms with van der Waals surface area (Å²) in [5.41, 5.74) is 1.85. The summed E-state index contributed by atoms with van der Waals surface area (Å²) in [5, 5.41) is 3.23. The standard InChI is InChI=1S/C14H20F3NO/c1-4-18-11(3)12-6-5-10(2)9-13(12)19-8-7-14(15,16)17/h5-6,9,11,18H,4,7-8H2,1-3H3. The van der Waals surface area contributed by atoms with Gasteiger partial charge in [0.15, 0.2) is 0 Å². The van der Waals surface area contributed by atoms with Crippen molar-refractivity contribution in [1.82, 2.24) is 5.32 Å². The average Bonchev–Trinajstić information content (AvgIpc) is 2.27. The lowest BCUT2D eigenvalue weighted by Gasteiger charge is -2.18. The molecule has 0 fully saturated rings. The van der Waals surface area contributed by atoms with Crippen LogP contribution in [0.4, 0.5) is 13.2 Å². The second-order valence-electron chi connectivity index (χ2n) is 4.53. The third kappa shape index (κ3) is 5.51. The van der Waals surface area contributed by atoms with Crippen molar-refractivity contribution in [3.63, 3.8) is 0 Å². The number of ether oxygens (including phenoxy) is 1. The molecule has 0 amide bonds. The summed E-state index contributed by atoms with van der Waals surface area (Å²) < 4.78 is 41.7. The maximum absolute atomic E-state index is 12.1. The summed E-state index contributed by atoms with van der Waals surface area (Å²) in [6.07, 6.45) is -5.12. The Hall–Kier alpha value is -1.23. The smallest absolute Gasteiger partial charge is 0.392 e. The zero-order valence-corrected chi connectivity index (χ0v) is 11.5. The van der Waals surface area contributed by atoms with Gasteiger partial charge in [0, 0.05) is 11.6 Å². The van der Waals surface area contributed by atoms with Crippen molar-refractivity contribution in [2.24, 2.45) is 0 Å². The molecule has 108 valence electrons. The molecule has 0 bridgehead atoms. The monoisotopic (exact) mass is 275 g/mol. The highest BCUT2D eigenvalue weighted by atomic mass is 19.4. The van der Waals surface area contributed by atoms with Gasteiger partial charge in [0.25, 0.3) is 0 Å². The second kappa shape index (κ2) is 6.80. The Morgan fingerprint density at radius 3 is 2.58 bits per heavy atom. The van der Waals surface area contributed by atoms with E-state index >= 15 is 0 Å². The minimum Gasteiger partial charge on any atom is -0.493 e. The van der Waals surface area contributed by atoms with Crippen LogP contribution in [-0.4, -0.2) is 19.3 Å². The molecule has 0 heterocycles. The van der Waals surface area contributed by atoms with Gasteiger partial charge in [0.1, 0.15) is 5.75 Å². The molecular weight excluding hydrogens is 255 g/mol. The van der Waals surface area contributed by atoms with Gasteiger partial charge in [-0.3, -0.25) is 0 Å². The Labute approximate surface area is 112 Å². The number of aryl methyl sites for hydroxylation is 1. The molecule has 0 saturated carbocycles. The summed E-state index contributed by atoms with van der Waals surface area (Å²) in [5.74, 6) is 0.526. The van der Waals surface area contributed by atoms with E-state index in [1.807, 2.05) is 32.9 Å². The van der Waals surface area contributed by atoms with Crippen LogP contribution < -0.4 is 10.1 Å². The van der Waals surface area contributed by atoms with Gasteiger partial charge in [-0.15, -0.1) is 0 Å². The normalized spacial score (nSPS) is 13.4. The summed E-state index contributed by atoms with van der Waals surface area (Å²) in [6, 6.07) is 5.65. The summed E-state index contributed by atoms with van der Waals surface area (Å²) in [7, 11) is 0. The Balaban J connectivity index is 2.77. The van der Waals surface area contributed by atoms with Gasteiger partial charge in [-0.05, 0) is 32.0 Å². The van der Waals surface area contributed by atoms with Gasteiger partial charge in [0.2, 0.25) is 0 Å². The van der Waals surface area contributed by atoms with E-state index in [0.717, 1.165) is 17.7 Å². The summed E-state index contributed by atoms with van der Waals surface area (Å²) >= 11 is 0. The van der Waals surface area contributed by atoms with E-state index in [1.165, 1.54) is 0 Å². The number of benzene rings is 1. The number of halogens is 3. The molecule has 19 heavy (non-hydrogen) atoms. The van der Waals surface area contributed by atoms with Crippen LogP contribution in [0.5, 0.6) is 5.75 Å². The summed E-state index contributed by atoms with van der Waals surface area (Å²) in [6.45, 7) is 6.27. The number of hydrogen-bond acceptors (Lipinski definition) is 2. The fourth-order valence-corrected chi connectivity index (χ4v) is 1.82. The van der Waals surface area contributed by atoms with Crippen LogP contribution in [0.25, 0.3) is 0 Å². The van der Waals surface area contributed by atoms with Gasteiger partial charge in [-0.25, -0.2) is 0 Å². The Morgan fingerprint density at radius 1 is 1.32 bits per heavy atom. The molecule has 0 radical (unpaired) electrons. The van der Waals surface area contributed by atoms with E-state index in [2.05, 4.69) is 5.32 Å². The third-order valence-corrected chi connectivity index (χ3v) is 2.79. The molecule has 0 aliphatic carbocycles.